The lowest BCUT2D eigenvalue weighted by atomic mass is 9.86. The standard InChI is InChI=1S/C20H26O/c1-5-6-7-16-8-9-17(14-19(16)21)15-10-12-18(13-11-15)20(2,3)4/h8-14,21H,5-7H2,1-4H3. The Kier molecular flexibility index (Phi) is 4.72. The van der Waals surface area contributed by atoms with Crippen molar-refractivity contribution in [1.82, 2.24) is 0 Å². The van der Waals surface area contributed by atoms with Gasteiger partial charge in [-0.1, -0.05) is 70.5 Å². The van der Waals surface area contributed by atoms with Crippen LogP contribution in [0.4, 0.5) is 0 Å². The van der Waals surface area contributed by atoms with E-state index >= 15 is 0 Å². The van der Waals surface area contributed by atoms with Crippen molar-refractivity contribution in [3.63, 3.8) is 0 Å². The van der Waals surface area contributed by atoms with Crippen molar-refractivity contribution < 1.29 is 5.11 Å². The number of aromatic hydroxyl groups is 1. The smallest absolute Gasteiger partial charge is 0.119 e. The molecule has 2 aromatic rings. The molecule has 0 aliphatic carbocycles. The molecule has 0 unspecified atom stereocenters. The van der Waals surface area contributed by atoms with Crippen LogP contribution in [0.5, 0.6) is 5.75 Å². The van der Waals surface area contributed by atoms with Gasteiger partial charge in [0.1, 0.15) is 5.75 Å². The van der Waals surface area contributed by atoms with Gasteiger partial charge in [0.2, 0.25) is 0 Å². The van der Waals surface area contributed by atoms with E-state index in [9.17, 15) is 5.11 Å². The Morgan fingerprint density at radius 3 is 2.05 bits per heavy atom. The number of hydrogen-bond acceptors (Lipinski definition) is 1. The fraction of sp³-hybridized carbons (Fsp3) is 0.400. The highest BCUT2D eigenvalue weighted by atomic mass is 16.3. The highest BCUT2D eigenvalue weighted by Crippen LogP contribution is 2.29. The van der Waals surface area contributed by atoms with Crippen LogP contribution in [0.2, 0.25) is 0 Å². The van der Waals surface area contributed by atoms with Gasteiger partial charge in [-0.2, -0.15) is 0 Å². The lowest BCUT2D eigenvalue weighted by Crippen LogP contribution is -2.10. The summed E-state index contributed by atoms with van der Waals surface area (Å²) in [6.07, 6.45) is 3.22. The van der Waals surface area contributed by atoms with E-state index in [0.29, 0.717) is 5.75 Å². The van der Waals surface area contributed by atoms with E-state index in [-0.39, 0.29) is 5.41 Å². The summed E-state index contributed by atoms with van der Waals surface area (Å²) in [6.45, 7) is 8.82. The van der Waals surface area contributed by atoms with Crippen LogP contribution in [-0.2, 0) is 11.8 Å². The zero-order chi connectivity index (χ0) is 15.5. The van der Waals surface area contributed by atoms with Crippen LogP contribution >= 0.6 is 0 Å². The Bertz CT molecular complexity index is 588. The van der Waals surface area contributed by atoms with Gasteiger partial charge in [-0.15, -0.1) is 0 Å². The summed E-state index contributed by atoms with van der Waals surface area (Å²) in [5.74, 6) is 0.417. The molecule has 0 atom stereocenters. The number of rotatable bonds is 4. The summed E-state index contributed by atoms with van der Waals surface area (Å²) >= 11 is 0. The number of aryl methyl sites for hydroxylation is 1. The zero-order valence-electron chi connectivity index (χ0n) is 13.6. The lowest BCUT2D eigenvalue weighted by molar-refractivity contribution is 0.467. The molecule has 0 spiro atoms. The Labute approximate surface area is 128 Å². The first kappa shape index (κ1) is 15.6. The third kappa shape index (κ3) is 3.87. The average Bonchev–Trinajstić information content (AvgIpc) is 2.45. The number of unbranched alkanes of at least 4 members (excludes halogenated alkanes) is 1. The zero-order valence-corrected chi connectivity index (χ0v) is 13.6. The highest BCUT2D eigenvalue weighted by Gasteiger charge is 2.13. The fourth-order valence-corrected chi connectivity index (χ4v) is 2.48. The third-order valence-corrected chi connectivity index (χ3v) is 3.97. The van der Waals surface area contributed by atoms with E-state index in [1.807, 2.05) is 6.07 Å². The van der Waals surface area contributed by atoms with Crippen LogP contribution in [0.3, 0.4) is 0 Å². The van der Waals surface area contributed by atoms with Gasteiger partial charge in [0.25, 0.3) is 0 Å². The second kappa shape index (κ2) is 6.34. The van der Waals surface area contributed by atoms with Crippen molar-refractivity contribution in [1.29, 1.82) is 0 Å². The lowest BCUT2D eigenvalue weighted by Gasteiger charge is -2.19. The number of phenolic OH excluding ortho intramolecular Hbond substituents is 1. The molecule has 21 heavy (non-hydrogen) atoms. The van der Waals surface area contributed by atoms with Gasteiger partial charge < -0.3 is 5.11 Å². The van der Waals surface area contributed by atoms with Crippen molar-refractivity contribution in [3.8, 4) is 16.9 Å². The molecule has 0 saturated heterocycles. The first-order valence-corrected chi connectivity index (χ1v) is 7.84. The van der Waals surface area contributed by atoms with Gasteiger partial charge in [0, 0.05) is 0 Å². The number of hydrogen-bond donors (Lipinski definition) is 1. The minimum atomic E-state index is 0.171. The molecular formula is C20H26O. The summed E-state index contributed by atoms with van der Waals surface area (Å²) in [5, 5.41) is 10.2. The SMILES string of the molecule is CCCCc1ccc(-c2ccc(C(C)(C)C)cc2)cc1O. The minimum Gasteiger partial charge on any atom is -0.508 e. The van der Waals surface area contributed by atoms with E-state index in [0.717, 1.165) is 36.0 Å². The molecule has 0 radical (unpaired) electrons. The van der Waals surface area contributed by atoms with Crippen LogP contribution < -0.4 is 0 Å². The molecule has 0 aliphatic heterocycles. The second-order valence-corrected chi connectivity index (χ2v) is 6.77. The quantitative estimate of drug-likeness (QED) is 0.762. The summed E-state index contributed by atoms with van der Waals surface area (Å²) in [5.41, 5.74) is 4.78. The predicted octanol–water partition coefficient (Wildman–Crippen LogP) is 5.70. The molecule has 1 N–H and O–H groups in total. The second-order valence-electron chi connectivity index (χ2n) is 6.77. The van der Waals surface area contributed by atoms with Crippen molar-refractivity contribution >= 4 is 0 Å². The van der Waals surface area contributed by atoms with E-state index in [1.54, 1.807) is 0 Å². The predicted molar refractivity (Wildman–Crippen MR) is 90.9 cm³/mol. The Balaban J connectivity index is 2.24. The van der Waals surface area contributed by atoms with Crippen molar-refractivity contribution in [2.75, 3.05) is 0 Å². The van der Waals surface area contributed by atoms with Gasteiger partial charge in [0.05, 0.1) is 0 Å². The molecule has 0 aliphatic rings. The first-order valence-electron chi connectivity index (χ1n) is 7.84. The van der Waals surface area contributed by atoms with E-state index in [4.69, 9.17) is 0 Å². The molecule has 0 amide bonds. The monoisotopic (exact) mass is 282 g/mol. The van der Waals surface area contributed by atoms with Crippen LogP contribution in [0.25, 0.3) is 11.1 Å². The van der Waals surface area contributed by atoms with Crippen LogP contribution in [0.15, 0.2) is 42.5 Å². The summed E-state index contributed by atoms with van der Waals surface area (Å²) in [4.78, 5) is 0. The molecule has 0 saturated carbocycles. The average molecular weight is 282 g/mol. The van der Waals surface area contributed by atoms with Gasteiger partial charge in [-0.3, -0.25) is 0 Å². The number of phenols is 1. The summed E-state index contributed by atoms with van der Waals surface area (Å²) in [7, 11) is 0. The molecule has 0 aromatic heterocycles. The molecular weight excluding hydrogens is 256 g/mol. The van der Waals surface area contributed by atoms with Gasteiger partial charge in [-0.25, -0.2) is 0 Å². The van der Waals surface area contributed by atoms with Gasteiger partial charge >= 0.3 is 0 Å². The van der Waals surface area contributed by atoms with E-state index < -0.39 is 0 Å². The van der Waals surface area contributed by atoms with Crippen LogP contribution in [-0.4, -0.2) is 5.11 Å². The van der Waals surface area contributed by atoms with Crippen molar-refractivity contribution in [2.24, 2.45) is 0 Å². The third-order valence-electron chi connectivity index (χ3n) is 3.97. The normalized spacial score (nSPS) is 11.6. The maximum atomic E-state index is 10.2. The van der Waals surface area contributed by atoms with Crippen molar-refractivity contribution in [2.45, 2.75) is 52.4 Å². The molecule has 0 bridgehead atoms. The van der Waals surface area contributed by atoms with Gasteiger partial charge in [-0.05, 0) is 46.6 Å². The van der Waals surface area contributed by atoms with Crippen LogP contribution in [0.1, 0.15) is 51.7 Å². The molecule has 0 fully saturated rings. The Hall–Kier alpha value is -1.76. The van der Waals surface area contributed by atoms with E-state index in [2.05, 4.69) is 64.1 Å². The Morgan fingerprint density at radius 1 is 0.905 bits per heavy atom. The molecule has 2 rings (SSSR count). The summed E-state index contributed by atoms with van der Waals surface area (Å²) in [6, 6.07) is 14.7. The molecule has 2 aromatic carbocycles. The van der Waals surface area contributed by atoms with Crippen molar-refractivity contribution in [3.05, 3.63) is 53.6 Å². The topological polar surface area (TPSA) is 20.2 Å². The molecule has 1 nitrogen and oxygen atoms in total. The van der Waals surface area contributed by atoms with E-state index in [1.165, 1.54) is 5.56 Å². The van der Waals surface area contributed by atoms with Gasteiger partial charge in [0.15, 0.2) is 0 Å². The fourth-order valence-electron chi connectivity index (χ4n) is 2.48. The number of benzene rings is 2. The largest absolute Gasteiger partial charge is 0.508 e. The molecule has 1 heteroatoms. The maximum absolute atomic E-state index is 10.2. The Morgan fingerprint density at radius 2 is 1.52 bits per heavy atom. The highest BCUT2D eigenvalue weighted by molar-refractivity contribution is 5.66. The minimum absolute atomic E-state index is 0.171. The maximum Gasteiger partial charge on any atom is 0.119 e. The first-order chi connectivity index (χ1) is 9.91. The van der Waals surface area contributed by atoms with Crippen LogP contribution in [0, 0.1) is 0 Å². The molecule has 112 valence electrons. The summed E-state index contributed by atoms with van der Waals surface area (Å²) < 4.78 is 0. The molecule has 0 heterocycles.